The van der Waals surface area contributed by atoms with Crippen LogP contribution in [-0.2, 0) is 35.9 Å². The van der Waals surface area contributed by atoms with Crippen LogP contribution in [0.3, 0.4) is 0 Å². The molecule has 0 unspecified atom stereocenters. The van der Waals surface area contributed by atoms with Gasteiger partial charge < -0.3 is 10.6 Å². The van der Waals surface area contributed by atoms with E-state index in [0.717, 1.165) is 63.6 Å². The lowest BCUT2D eigenvalue weighted by Gasteiger charge is -2.19. The second-order valence-corrected chi connectivity index (χ2v) is 10.2. The van der Waals surface area contributed by atoms with E-state index in [4.69, 9.17) is 0 Å². The second kappa shape index (κ2) is 12.4. The lowest BCUT2D eigenvalue weighted by molar-refractivity contribution is 0.256. The van der Waals surface area contributed by atoms with Crippen LogP contribution in [0.15, 0.2) is 6.07 Å². The highest BCUT2D eigenvalue weighted by molar-refractivity contribution is 7.87. The van der Waals surface area contributed by atoms with Gasteiger partial charge in [0.15, 0.2) is 0 Å². The molecular formula is C23H40N4O3S. The molecular weight excluding hydrogens is 412 g/mol. The summed E-state index contributed by atoms with van der Waals surface area (Å²) < 4.78 is 27.9. The Morgan fingerprint density at radius 3 is 2.06 bits per heavy atom. The van der Waals surface area contributed by atoms with Crippen molar-refractivity contribution < 1.29 is 13.2 Å². The quantitative estimate of drug-likeness (QED) is 0.498. The maximum absolute atomic E-state index is 12.4. The average Bonchev–Trinajstić information content (AvgIpc) is 3.39. The molecule has 0 spiro atoms. The molecule has 3 N–H and O–H groups in total. The minimum Gasteiger partial charge on any atom is -0.320 e. The number of urea groups is 1. The molecule has 0 fully saturated rings. The number of benzene rings is 1. The SMILES string of the molecule is CCCCN(C)S(=O)(=O)NC(=O)Nc1c2c(cc3c1CCC3)CCC2.CCCCNC. The van der Waals surface area contributed by atoms with E-state index in [1.807, 2.05) is 14.0 Å². The van der Waals surface area contributed by atoms with Crippen molar-refractivity contribution >= 4 is 21.9 Å². The Morgan fingerprint density at radius 2 is 1.58 bits per heavy atom. The molecule has 1 aromatic rings. The summed E-state index contributed by atoms with van der Waals surface area (Å²) in [5.41, 5.74) is 5.84. The Morgan fingerprint density at radius 1 is 1.00 bits per heavy atom. The van der Waals surface area contributed by atoms with Gasteiger partial charge in [-0.2, -0.15) is 12.7 Å². The number of hydrogen-bond donors (Lipinski definition) is 3. The zero-order valence-electron chi connectivity index (χ0n) is 19.6. The van der Waals surface area contributed by atoms with E-state index in [9.17, 15) is 13.2 Å². The van der Waals surface area contributed by atoms with Crippen LogP contribution in [0.4, 0.5) is 10.5 Å². The summed E-state index contributed by atoms with van der Waals surface area (Å²) in [6, 6.07) is 1.61. The standard InChI is InChI=1S/C18H27N3O3S.C5H13N/c1-3-4-11-21(2)25(23,24)20-18(22)19-17-15-9-5-7-13(15)12-14-8-6-10-16(14)17;1-3-4-5-6-2/h12H,3-11H2,1-2H3,(H2,19,20,22);6H,3-5H2,1-2H3. The van der Waals surface area contributed by atoms with Gasteiger partial charge in [-0.3, -0.25) is 0 Å². The molecule has 0 bridgehead atoms. The summed E-state index contributed by atoms with van der Waals surface area (Å²) in [7, 11) is -0.338. The summed E-state index contributed by atoms with van der Waals surface area (Å²) in [5, 5.41) is 5.92. The van der Waals surface area contributed by atoms with E-state index < -0.39 is 16.2 Å². The predicted octanol–water partition coefficient (Wildman–Crippen LogP) is 3.77. The summed E-state index contributed by atoms with van der Waals surface area (Å²) in [6.45, 7) is 5.75. The molecule has 3 rings (SSSR count). The number of unbranched alkanes of at least 4 members (excludes halogenated alkanes) is 2. The van der Waals surface area contributed by atoms with Crippen molar-refractivity contribution in [3.05, 3.63) is 28.3 Å². The third-order valence-electron chi connectivity index (χ3n) is 5.95. The maximum Gasteiger partial charge on any atom is 0.333 e. The zero-order chi connectivity index (χ0) is 22.9. The van der Waals surface area contributed by atoms with E-state index in [0.29, 0.717) is 6.54 Å². The molecule has 7 nitrogen and oxygen atoms in total. The van der Waals surface area contributed by atoms with Gasteiger partial charge in [0.05, 0.1) is 0 Å². The summed E-state index contributed by atoms with van der Waals surface area (Å²) >= 11 is 0. The summed E-state index contributed by atoms with van der Waals surface area (Å²) in [4.78, 5) is 12.4. The molecule has 0 saturated heterocycles. The molecule has 2 aliphatic carbocycles. The molecule has 0 heterocycles. The number of nitrogens with one attached hydrogen (secondary N) is 3. The fourth-order valence-electron chi connectivity index (χ4n) is 4.16. The lowest BCUT2D eigenvalue weighted by Crippen LogP contribution is -2.43. The fourth-order valence-corrected chi connectivity index (χ4v) is 4.97. The average molecular weight is 453 g/mol. The number of carbonyl (C=O) groups is 1. The third-order valence-corrected chi connectivity index (χ3v) is 7.40. The third kappa shape index (κ3) is 7.19. The number of hydrogen-bond acceptors (Lipinski definition) is 4. The van der Waals surface area contributed by atoms with Crippen molar-refractivity contribution in [3.8, 4) is 0 Å². The van der Waals surface area contributed by atoms with Crippen LogP contribution in [0.5, 0.6) is 0 Å². The Hall–Kier alpha value is -1.64. The monoisotopic (exact) mass is 452 g/mol. The van der Waals surface area contributed by atoms with Crippen molar-refractivity contribution in [2.24, 2.45) is 0 Å². The number of amides is 2. The first kappa shape index (κ1) is 25.6. The van der Waals surface area contributed by atoms with Crippen LogP contribution in [0.1, 0.15) is 74.6 Å². The minimum atomic E-state index is -3.81. The van der Waals surface area contributed by atoms with Crippen LogP contribution in [0, 0.1) is 0 Å². The van der Waals surface area contributed by atoms with Crippen molar-refractivity contribution in [2.75, 3.05) is 32.5 Å². The molecule has 31 heavy (non-hydrogen) atoms. The largest absolute Gasteiger partial charge is 0.333 e. The van der Waals surface area contributed by atoms with Gasteiger partial charge in [-0.25, -0.2) is 9.52 Å². The van der Waals surface area contributed by atoms with Crippen LogP contribution in [0.2, 0.25) is 0 Å². The first-order chi connectivity index (χ1) is 14.8. The highest BCUT2D eigenvalue weighted by Crippen LogP contribution is 2.38. The van der Waals surface area contributed by atoms with E-state index in [2.05, 4.69) is 28.3 Å². The highest BCUT2D eigenvalue weighted by Gasteiger charge is 2.26. The first-order valence-corrected chi connectivity index (χ1v) is 13.1. The van der Waals surface area contributed by atoms with Crippen LogP contribution in [-0.4, -0.2) is 45.9 Å². The molecule has 8 heteroatoms. The van der Waals surface area contributed by atoms with Gasteiger partial charge in [0.2, 0.25) is 0 Å². The Balaban J connectivity index is 0.000000501. The van der Waals surface area contributed by atoms with Gasteiger partial charge in [-0.1, -0.05) is 32.8 Å². The van der Waals surface area contributed by atoms with Gasteiger partial charge in [0, 0.05) is 19.3 Å². The second-order valence-electron chi connectivity index (χ2n) is 8.43. The Kier molecular flexibility index (Phi) is 10.3. The van der Waals surface area contributed by atoms with Gasteiger partial charge in [-0.05, 0) is 87.2 Å². The number of aryl methyl sites for hydroxylation is 2. The number of carbonyl (C=O) groups excluding carboxylic acids is 1. The van der Waals surface area contributed by atoms with Crippen LogP contribution < -0.4 is 15.4 Å². The predicted molar refractivity (Wildman–Crippen MR) is 128 cm³/mol. The van der Waals surface area contributed by atoms with Crippen molar-refractivity contribution in [1.29, 1.82) is 0 Å². The van der Waals surface area contributed by atoms with Gasteiger partial charge in [0.25, 0.3) is 0 Å². The zero-order valence-corrected chi connectivity index (χ0v) is 20.5. The molecule has 2 aliphatic rings. The minimum absolute atomic E-state index is 0.398. The van der Waals surface area contributed by atoms with Crippen molar-refractivity contribution in [3.63, 3.8) is 0 Å². The van der Waals surface area contributed by atoms with E-state index >= 15 is 0 Å². The molecule has 0 saturated carbocycles. The summed E-state index contributed by atoms with van der Waals surface area (Å²) in [6.07, 6.45) is 10.4. The van der Waals surface area contributed by atoms with Crippen LogP contribution >= 0.6 is 0 Å². The Labute approximate surface area is 188 Å². The molecule has 1 aromatic carbocycles. The highest BCUT2D eigenvalue weighted by atomic mass is 32.2. The normalized spacial score (nSPS) is 14.6. The number of fused-ring (bicyclic) bond motifs is 2. The maximum atomic E-state index is 12.4. The smallest absolute Gasteiger partial charge is 0.320 e. The summed E-state index contributed by atoms with van der Waals surface area (Å²) in [5.74, 6) is 0. The lowest BCUT2D eigenvalue weighted by atomic mass is 9.99. The number of rotatable bonds is 9. The first-order valence-electron chi connectivity index (χ1n) is 11.7. The molecule has 0 radical (unpaired) electrons. The topological polar surface area (TPSA) is 90.5 Å². The number of nitrogens with zero attached hydrogens (tertiary/aromatic N) is 1. The van der Waals surface area contributed by atoms with E-state index in [1.165, 1.54) is 46.4 Å². The van der Waals surface area contributed by atoms with Crippen LogP contribution in [0.25, 0.3) is 0 Å². The molecule has 176 valence electrons. The molecule has 0 aliphatic heterocycles. The van der Waals surface area contributed by atoms with E-state index in [-0.39, 0.29) is 0 Å². The molecule has 2 amide bonds. The van der Waals surface area contributed by atoms with Gasteiger partial charge in [0.1, 0.15) is 0 Å². The number of anilines is 1. The Bertz CT molecular complexity index is 803. The van der Waals surface area contributed by atoms with E-state index in [1.54, 1.807) is 0 Å². The van der Waals surface area contributed by atoms with Gasteiger partial charge >= 0.3 is 16.2 Å². The van der Waals surface area contributed by atoms with Crippen molar-refractivity contribution in [2.45, 2.75) is 78.1 Å². The fraction of sp³-hybridized carbons (Fsp3) is 0.696. The van der Waals surface area contributed by atoms with Crippen molar-refractivity contribution in [1.82, 2.24) is 14.3 Å². The molecule has 0 atom stereocenters. The molecule has 0 aromatic heterocycles. The van der Waals surface area contributed by atoms with Gasteiger partial charge in [-0.15, -0.1) is 0 Å².